The monoisotopic (exact) mass is 444 g/mol. The molecule has 4 atom stereocenters. The Hall–Kier alpha value is -3.40. The van der Waals surface area contributed by atoms with E-state index in [1.807, 2.05) is 30.3 Å². The number of methoxy groups -OCH3 is 1. The minimum Gasteiger partial charge on any atom is -0.493 e. The van der Waals surface area contributed by atoms with Gasteiger partial charge in [0.2, 0.25) is 6.29 Å². The highest BCUT2D eigenvalue weighted by Gasteiger charge is 2.38. The highest BCUT2D eigenvalue weighted by atomic mass is 16.7. The summed E-state index contributed by atoms with van der Waals surface area (Å²) in [6.45, 7) is -0.300. The molecular weight excluding hydrogens is 420 g/mol. The van der Waals surface area contributed by atoms with Crippen molar-refractivity contribution in [2.24, 2.45) is 0 Å². The van der Waals surface area contributed by atoms with E-state index < -0.39 is 36.5 Å². The number of ether oxygens (including phenoxy) is 4. The van der Waals surface area contributed by atoms with Crippen LogP contribution in [-0.2, 0) is 14.3 Å². The number of carbonyl (C=O) groups excluding carboxylic acids is 1. The van der Waals surface area contributed by atoms with Gasteiger partial charge in [0, 0.05) is 12.5 Å². The van der Waals surface area contributed by atoms with Crippen molar-refractivity contribution in [1.82, 2.24) is 0 Å². The summed E-state index contributed by atoms with van der Waals surface area (Å²) in [4.78, 5) is 23.1. The molecule has 0 aliphatic carbocycles. The highest BCUT2D eigenvalue weighted by molar-refractivity contribution is 5.88. The SMILES string of the molecule is COc1cc(C(=O)O)ccc1OC1CC(O)C(O)C(COC(=O)/C=C/c2ccccc2)O1. The predicted molar refractivity (Wildman–Crippen MR) is 112 cm³/mol. The van der Waals surface area contributed by atoms with E-state index in [2.05, 4.69) is 0 Å². The Bertz CT molecular complexity index is 957. The van der Waals surface area contributed by atoms with Crippen molar-refractivity contribution in [3.05, 3.63) is 65.7 Å². The Kier molecular flexibility index (Phi) is 7.82. The van der Waals surface area contributed by atoms with Gasteiger partial charge in [0.25, 0.3) is 0 Å². The molecule has 32 heavy (non-hydrogen) atoms. The van der Waals surface area contributed by atoms with Crippen LogP contribution in [0, 0.1) is 0 Å². The first-order valence-corrected chi connectivity index (χ1v) is 9.87. The third-order valence-electron chi connectivity index (χ3n) is 4.81. The number of esters is 1. The molecule has 1 aliphatic heterocycles. The Morgan fingerprint density at radius 2 is 1.88 bits per heavy atom. The summed E-state index contributed by atoms with van der Waals surface area (Å²) in [5, 5.41) is 29.5. The number of aliphatic hydroxyl groups is 2. The molecule has 1 heterocycles. The molecule has 9 heteroatoms. The molecule has 0 saturated carbocycles. The lowest BCUT2D eigenvalue weighted by Gasteiger charge is -2.36. The second-order valence-corrected chi connectivity index (χ2v) is 7.06. The second-order valence-electron chi connectivity index (χ2n) is 7.06. The van der Waals surface area contributed by atoms with Crippen LogP contribution >= 0.6 is 0 Å². The molecule has 0 amide bonds. The quantitative estimate of drug-likeness (QED) is 0.412. The molecule has 170 valence electrons. The summed E-state index contributed by atoms with van der Waals surface area (Å²) in [6, 6.07) is 13.2. The Morgan fingerprint density at radius 3 is 2.56 bits per heavy atom. The fourth-order valence-corrected chi connectivity index (χ4v) is 3.11. The Morgan fingerprint density at radius 1 is 1.12 bits per heavy atom. The smallest absolute Gasteiger partial charge is 0.335 e. The lowest BCUT2D eigenvalue weighted by atomic mass is 10.0. The molecule has 3 N–H and O–H groups in total. The molecule has 1 fully saturated rings. The number of rotatable bonds is 8. The number of hydrogen-bond donors (Lipinski definition) is 3. The molecule has 0 radical (unpaired) electrons. The molecule has 1 saturated heterocycles. The van der Waals surface area contributed by atoms with Gasteiger partial charge in [-0.05, 0) is 29.8 Å². The van der Waals surface area contributed by atoms with Crippen molar-refractivity contribution in [2.75, 3.05) is 13.7 Å². The zero-order chi connectivity index (χ0) is 23.1. The molecule has 1 aliphatic rings. The maximum Gasteiger partial charge on any atom is 0.335 e. The average molecular weight is 444 g/mol. The molecule has 4 unspecified atom stereocenters. The number of hydrogen-bond acceptors (Lipinski definition) is 8. The third kappa shape index (κ3) is 6.07. The van der Waals surface area contributed by atoms with Crippen LogP contribution in [-0.4, -0.2) is 65.6 Å². The van der Waals surface area contributed by atoms with Gasteiger partial charge in [-0.1, -0.05) is 30.3 Å². The maximum atomic E-state index is 12.0. The topological polar surface area (TPSA) is 132 Å². The first-order chi connectivity index (χ1) is 15.4. The molecular formula is C23H24O9. The van der Waals surface area contributed by atoms with E-state index in [1.165, 1.54) is 31.4 Å². The molecule has 0 bridgehead atoms. The van der Waals surface area contributed by atoms with Gasteiger partial charge in [0.15, 0.2) is 11.5 Å². The normalized spacial score (nSPS) is 23.0. The number of aromatic carboxylic acids is 1. The van der Waals surface area contributed by atoms with Gasteiger partial charge in [-0.25, -0.2) is 9.59 Å². The first kappa shape index (κ1) is 23.3. The van der Waals surface area contributed by atoms with Crippen molar-refractivity contribution in [3.63, 3.8) is 0 Å². The van der Waals surface area contributed by atoms with E-state index in [-0.39, 0.29) is 30.1 Å². The Labute approximate surface area is 184 Å². The largest absolute Gasteiger partial charge is 0.493 e. The van der Waals surface area contributed by atoms with Crippen molar-refractivity contribution in [1.29, 1.82) is 0 Å². The zero-order valence-electron chi connectivity index (χ0n) is 17.3. The number of carboxylic acids is 1. The van der Waals surface area contributed by atoms with Crippen LogP contribution in [0.4, 0.5) is 0 Å². The van der Waals surface area contributed by atoms with Gasteiger partial charge >= 0.3 is 11.9 Å². The molecule has 0 aromatic heterocycles. The van der Waals surface area contributed by atoms with Gasteiger partial charge in [-0.15, -0.1) is 0 Å². The minimum absolute atomic E-state index is 0.0163. The van der Waals surface area contributed by atoms with Crippen LogP contribution < -0.4 is 9.47 Å². The van der Waals surface area contributed by atoms with Crippen LogP contribution in [0.1, 0.15) is 22.3 Å². The molecule has 2 aromatic carbocycles. The minimum atomic E-state index is -1.28. The van der Waals surface area contributed by atoms with Crippen LogP contribution in [0.2, 0.25) is 0 Å². The zero-order valence-corrected chi connectivity index (χ0v) is 17.3. The van der Waals surface area contributed by atoms with Crippen LogP contribution in [0.15, 0.2) is 54.6 Å². The predicted octanol–water partition coefficient (Wildman–Crippen LogP) is 1.87. The van der Waals surface area contributed by atoms with Gasteiger partial charge < -0.3 is 34.3 Å². The second kappa shape index (κ2) is 10.8. The van der Waals surface area contributed by atoms with Crippen LogP contribution in [0.5, 0.6) is 11.5 Å². The molecule has 3 rings (SSSR count). The molecule has 0 spiro atoms. The van der Waals surface area contributed by atoms with Crippen molar-refractivity contribution < 1.29 is 43.9 Å². The molecule has 2 aromatic rings. The highest BCUT2D eigenvalue weighted by Crippen LogP contribution is 2.32. The lowest BCUT2D eigenvalue weighted by molar-refractivity contribution is -0.232. The van der Waals surface area contributed by atoms with E-state index in [9.17, 15) is 19.8 Å². The van der Waals surface area contributed by atoms with Crippen molar-refractivity contribution >= 4 is 18.0 Å². The van der Waals surface area contributed by atoms with E-state index in [1.54, 1.807) is 6.08 Å². The summed E-state index contributed by atoms with van der Waals surface area (Å²) < 4.78 is 21.7. The van der Waals surface area contributed by atoms with E-state index in [0.717, 1.165) is 5.56 Å². The Balaban J connectivity index is 1.60. The summed E-state index contributed by atoms with van der Waals surface area (Å²) in [5.74, 6) is -1.38. The van der Waals surface area contributed by atoms with Crippen molar-refractivity contribution in [2.45, 2.75) is 31.0 Å². The number of carbonyl (C=O) groups is 2. The van der Waals surface area contributed by atoms with Gasteiger partial charge in [-0.3, -0.25) is 0 Å². The lowest BCUT2D eigenvalue weighted by Crippen LogP contribution is -2.51. The third-order valence-corrected chi connectivity index (χ3v) is 4.81. The maximum absolute atomic E-state index is 12.0. The fraction of sp³-hybridized carbons (Fsp3) is 0.304. The average Bonchev–Trinajstić information content (AvgIpc) is 2.79. The van der Waals surface area contributed by atoms with Gasteiger partial charge in [0.1, 0.15) is 18.8 Å². The summed E-state index contributed by atoms with van der Waals surface area (Å²) in [5.41, 5.74) is 0.840. The molecule has 9 nitrogen and oxygen atoms in total. The summed E-state index contributed by atoms with van der Waals surface area (Å²) >= 11 is 0. The standard InChI is InChI=1S/C23H24O9/c1-29-18-11-15(23(27)28)8-9-17(18)31-21-12-16(24)22(26)19(32-21)13-30-20(25)10-7-14-5-3-2-4-6-14/h2-11,16,19,21-22,24,26H,12-13H2,1H3,(H,27,28)/b10-7+. The number of benzene rings is 2. The summed E-state index contributed by atoms with van der Waals surface area (Å²) in [7, 11) is 1.36. The number of aliphatic hydroxyl groups excluding tert-OH is 2. The van der Waals surface area contributed by atoms with Gasteiger partial charge in [0.05, 0.1) is 18.8 Å². The first-order valence-electron chi connectivity index (χ1n) is 9.87. The van der Waals surface area contributed by atoms with E-state index >= 15 is 0 Å². The van der Waals surface area contributed by atoms with E-state index in [4.69, 9.17) is 24.1 Å². The van der Waals surface area contributed by atoms with Crippen LogP contribution in [0.3, 0.4) is 0 Å². The van der Waals surface area contributed by atoms with Gasteiger partial charge in [-0.2, -0.15) is 0 Å². The fourth-order valence-electron chi connectivity index (χ4n) is 3.11. The van der Waals surface area contributed by atoms with Crippen LogP contribution in [0.25, 0.3) is 6.08 Å². The summed E-state index contributed by atoms with van der Waals surface area (Å²) in [6.07, 6.45) is -1.68. The van der Waals surface area contributed by atoms with E-state index in [0.29, 0.717) is 0 Å². The van der Waals surface area contributed by atoms with Crippen molar-refractivity contribution in [3.8, 4) is 11.5 Å². The number of carboxylic acid groups (broad SMARTS) is 1.